The summed E-state index contributed by atoms with van der Waals surface area (Å²) in [4.78, 5) is 46.8. The van der Waals surface area contributed by atoms with E-state index in [1.807, 2.05) is 19.6 Å². The molecular weight excluding hydrogens is 687 g/mol. The van der Waals surface area contributed by atoms with Gasteiger partial charge in [-0.2, -0.15) is 4.39 Å². The molecule has 8 nitrogen and oxygen atoms in total. The van der Waals surface area contributed by atoms with Crippen molar-refractivity contribution < 1.29 is 32.4 Å². The molecule has 4 atom stereocenters. The van der Waals surface area contributed by atoms with Crippen LogP contribution in [0.25, 0.3) is 0 Å². The number of carbonyl (C=O) groups excluding carboxylic acids is 4. The van der Waals surface area contributed by atoms with E-state index in [0.29, 0.717) is 24.8 Å². The quantitative estimate of drug-likeness (QED) is 0.186. The Bertz CT molecular complexity index is 849. The molecule has 0 aliphatic carbocycles. The maximum atomic E-state index is 12.3. The Morgan fingerprint density at radius 2 is 1.13 bits per heavy atom. The first-order chi connectivity index (χ1) is 17.5. The summed E-state index contributed by atoms with van der Waals surface area (Å²) in [6, 6.07) is -1.70. The smallest absolute Gasteiger partial charge is 0.315 e. The van der Waals surface area contributed by atoms with Crippen LogP contribution in [0.2, 0.25) is 58.9 Å². The second-order valence-corrected chi connectivity index (χ2v) is 28.2. The fourth-order valence-electron chi connectivity index (χ4n) is 4.37. The van der Waals surface area contributed by atoms with Crippen molar-refractivity contribution in [2.75, 3.05) is 23.7 Å². The number of halogens is 3. The molecule has 0 saturated carbocycles. The van der Waals surface area contributed by atoms with E-state index in [4.69, 9.17) is 13.6 Å². The lowest BCUT2D eigenvalue weighted by Crippen LogP contribution is -2.53. The summed E-state index contributed by atoms with van der Waals surface area (Å²) in [5.74, 6) is 0.726. The Morgan fingerprint density at radius 3 is 1.49 bits per heavy atom. The van der Waals surface area contributed by atoms with Gasteiger partial charge in [0.05, 0.1) is 10.7 Å². The van der Waals surface area contributed by atoms with Gasteiger partial charge in [-0.25, -0.2) is 0 Å². The molecule has 0 bridgehead atoms. The number of nitrogens with zero attached hydrogens (tertiary/aromatic N) is 2. The van der Waals surface area contributed by atoms with Crippen LogP contribution in [-0.2, 0) is 28.0 Å². The number of carbonyl (C=O) groups is 4. The highest BCUT2D eigenvalue weighted by molar-refractivity contribution is 9.09. The largest absolute Gasteiger partial charge is 0.519 e. The van der Waals surface area contributed by atoms with Gasteiger partial charge in [-0.05, 0) is 70.5 Å². The van der Waals surface area contributed by atoms with Gasteiger partial charge < -0.3 is 18.3 Å². The number of hydrogen-bond acceptors (Lipinski definition) is 7. The van der Waals surface area contributed by atoms with Gasteiger partial charge in [0.15, 0.2) is 0 Å². The summed E-state index contributed by atoms with van der Waals surface area (Å²) in [6.07, 6.45) is 1.68. The Morgan fingerprint density at radius 1 is 0.744 bits per heavy atom. The molecule has 0 radical (unpaired) electrons. The molecule has 0 aromatic carbocycles. The van der Waals surface area contributed by atoms with Crippen molar-refractivity contribution in [1.29, 1.82) is 0 Å². The predicted molar refractivity (Wildman–Crippen MR) is 169 cm³/mol. The lowest BCUT2D eigenvalue weighted by atomic mass is 10.1. The first-order valence-corrected chi connectivity index (χ1v) is 25.8. The molecule has 2 aliphatic rings. The van der Waals surface area contributed by atoms with Crippen molar-refractivity contribution >= 4 is 80.6 Å². The normalized spacial score (nSPS) is 23.7. The molecule has 2 aliphatic heterocycles. The molecule has 228 valence electrons. The predicted octanol–water partition coefficient (Wildman–Crippen LogP) is 5.78. The van der Waals surface area contributed by atoms with E-state index in [1.165, 1.54) is 0 Å². The van der Waals surface area contributed by atoms with Crippen molar-refractivity contribution in [3.05, 3.63) is 0 Å². The minimum Gasteiger partial charge on any atom is -0.519 e. The zero-order valence-corrected chi connectivity index (χ0v) is 31.7. The van der Waals surface area contributed by atoms with Gasteiger partial charge in [-0.1, -0.05) is 65.3 Å². The van der Waals surface area contributed by atoms with Crippen molar-refractivity contribution in [1.82, 2.24) is 9.47 Å². The lowest BCUT2D eigenvalue weighted by Gasteiger charge is -2.35. The van der Waals surface area contributed by atoms with Crippen LogP contribution in [-0.4, -0.2) is 94.1 Å². The summed E-state index contributed by atoms with van der Waals surface area (Å²) >= 11 is 5.74. The monoisotopic (exact) mass is 734 g/mol. The minimum absolute atomic E-state index is 0.0170. The van der Waals surface area contributed by atoms with E-state index in [2.05, 4.69) is 89.6 Å². The zero-order chi connectivity index (χ0) is 30.9. The number of rotatable bonds is 7. The third kappa shape index (κ3) is 15.4. The maximum Gasteiger partial charge on any atom is 0.315 e. The van der Waals surface area contributed by atoms with E-state index in [9.17, 15) is 18.8 Å². The highest BCUT2D eigenvalue weighted by Gasteiger charge is 2.43. The second-order valence-electron chi connectivity index (χ2n) is 13.3. The Labute approximate surface area is 254 Å². The van der Waals surface area contributed by atoms with Gasteiger partial charge in [-0.3, -0.25) is 19.2 Å². The van der Waals surface area contributed by atoms with Crippen LogP contribution in [0.5, 0.6) is 0 Å². The lowest BCUT2D eigenvalue weighted by molar-refractivity contribution is -0.145. The third-order valence-electron chi connectivity index (χ3n) is 5.78. The molecule has 0 unspecified atom stereocenters. The van der Waals surface area contributed by atoms with E-state index in [-0.39, 0.29) is 40.6 Å². The van der Waals surface area contributed by atoms with Gasteiger partial charge in [-0.15, -0.1) is 0 Å². The molecule has 39 heavy (non-hydrogen) atoms. The molecule has 0 spiro atoms. The van der Waals surface area contributed by atoms with Crippen LogP contribution < -0.4 is 0 Å². The molecule has 0 N–H and O–H groups in total. The molecule has 2 fully saturated rings. The highest BCUT2D eigenvalue weighted by atomic mass is 79.9. The van der Waals surface area contributed by atoms with E-state index in [0.717, 1.165) is 13.0 Å². The number of hydrogen-bond donors (Lipinski definition) is 0. The molecule has 0 aromatic heterocycles. The molecule has 0 aromatic rings. The summed E-state index contributed by atoms with van der Waals surface area (Å²) in [7, 11) is -5.06. The number of amides is 1. The van der Waals surface area contributed by atoms with Gasteiger partial charge >= 0.3 is 18.0 Å². The minimum atomic E-state index is -1.88. The van der Waals surface area contributed by atoms with Crippen LogP contribution in [0, 0.1) is 11.8 Å². The Hall–Kier alpha value is -0.419. The van der Waals surface area contributed by atoms with Crippen LogP contribution in [0.4, 0.5) is 4.39 Å². The molecule has 14 heteroatoms. The summed E-state index contributed by atoms with van der Waals surface area (Å²) in [5, 5.41) is 0.0729. The molecule has 2 saturated heterocycles. The van der Waals surface area contributed by atoms with Crippen LogP contribution >= 0.6 is 31.9 Å². The van der Waals surface area contributed by atoms with Gasteiger partial charge in [0, 0.05) is 6.54 Å². The third-order valence-corrected chi connectivity index (χ3v) is 10.5. The zero-order valence-electron chi connectivity index (χ0n) is 25.5. The Balaban J connectivity index is 0.000000632. The van der Waals surface area contributed by atoms with Gasteiger partial charge in [0.25, 0.3) is 0 Å². The molecular formula is C25H49Br2FN2O6Si3. The van der Waals surface area contributed by atoms with E-state index >= 15 is 0 Å². The average Bonchev–Trinajstić information content (AvgIpc) is 3.34. The van der Waals surface area contributed by atoms with Crippen molar-refractivity contribution in [2.45, 2.75) is 97.7 Å². The maximum absolute atomic E-state index is 12.3. The topological polar surface area (TPSA) is 93.2 Å². The fraction of sp³-hybridized carbons (Fsp3) is 0.840. The van der Waals surface area contributed by atoms with Crippen LogP contribution in [0.3, 0.4) is 0 Å². The van der Waals surface area contributed by atoms with Crippen LogP contribution in [0.1, 0.15) is 26.7 Å². The number of likely N-dealkylation sites (tertiary alicyclic amines) is 1. The first kappa shape index (κ1) is 38.6. The fourth-order valence-corrected chi connectivity index (χ4v) is 8.18. The standard InChI is InChI=1S/C12H27NO2Si2.C11H20BrNO3Si.C2H2BrFO/c1-10-8-11(12(14)15-17(5,6)7)13(9-10)16(2,3)4;1-8-5-9(11(15)16-17(2,3)4)13(7-8)10(14)6-12;3-1-2(4)5/h10-11H,8-9H2,1-7H3;8-9H,5-7H2,1-4H3;1H2/t10-,11+;8-,9+;/m11./s1. The van der Waals surface area contributed by atoms with Gasteiger partial charge in [0.2, 0.25) is 22.5 Å². The summed E-state index contributed by atoms with van der Waals surface area (Å²) in [6.45, 7) is 25.0. The van der Waals surface area contributed by atoms with Crippen molar-refractivity contribution in [3.63, 3.8) is 0 Å². The van der Waals surface area contributed by atoms with Crippen molar-refractivity contribution in [3.8, 4) is 0 Å². The van der Waals surface area contributed by atoms with Crippen molar-refractivity contribution in [2.24, 2.45) is 11.8 Å². The SMILES string of the molecule is C[C@@H]1C[C@@H](C(=O)O[Si](C)(C)C)N(C(=O)CBr)C1.C[C@@H]1C[C@@H](C(=O)O[Si](C)(C)C)N([Si](C)(C)C)C1.O=C(F)CBr. The molecule has 1 amide bonds. The second kappa shape index (κ2) is 16.3. The highest BCUT2D eigenvalue weighted by Crippen LogP contribution is 2.29. The number of alkyl halides is 2. The summed E-state index contributed by atoms with van der Waals surface area (Å²) in [5.41, 5.74) is 0. The average molecular weight is 737 g/mol. The summed E-state index contributed by atoms with van der Waals surface area (Å²) < 4.78 is 24.3. The van der Waals surface area contributed by atoms with Gasteiger partial charge in [0.1, 0.15) is 20.3 Å². The van der Waals surface area contributed by atoms with Crippen LogP contribution in [0.15, 0.2) is 0 Å². The van der Waals surface area contributed by atoms with E-state index in [1.54, 1.807) is 4.90 Å². The molecule has 2 heterocycles. The van der Waals surface area contributed by atoms with E-state index < -0.39 is 30.9 Å². The first-order valence-electron chi connectivity index (χ1n) is 13.3. The molecule has 2 rings (SSSR count). The Kier molecular flexibility index (Phi) is 16.1.